The number of hydrogen-bond acceptors (Lipinski definition) is 9. The molecule has 0 heterocycles. The van der Waals surface area contributed by atoms with Crippen LogP contribution in [0, 0.1) is 0 Å². The van der Waals surface area contributed by atoms with E-state index in [0.717, 1.165) is 57.8 Å². The highest BCUT2D eigenvalue weighted by atomic mass is 16.6. The van der Waals surface area contributed by atoms with Crippen LogP contribution in [0.5, 0.6) is 0 Å². The second-order valence-electron chi connectivity index (χ2n) is 10.3. The van der Waals surface area contributed by atoms with Crippen molar-refractivity contribution in [3.8, 4) is 0 Å². The molecule has 2 amide bonds. The number of carbonyl (C=O) groups excluding carboxylic acids is 2. The lowest BCUT2D eigenvalue weighted by Crippen LogP contribution is -2.34. The zero-order chi connectivity index (χ0) is 31.8. The third kappa shape index (κ3) is 30.9. The van der Waals surface area contributed by atoms with Crippen molar-refractivity contribution in [3.05, 3.63) is 0 Å². The SMILES string of the molecule is CN[C@@H](CCCCNC(=O)CCOCCOCCOCCOCCNC(=O)CCCCCCCCCCC(=O)O)C(=O)O. The van der Waals surface area contributed by atoms with Gasteiger partial charge in [-0.15, -0.1) is 0 Å². The lowest BCUT2D eigenvalue weighted by atomic mass is 10.1. The topological polar surface area (TPSA) is 182 Å². The summed E-state index contributed by atoms with van der Waals surface area (Å²) in [6.07, 6.45) is 11.1. The third-order valence-electron chi connectivity index (χ3n) is 6.59. The number of ether oxygens (including phenoxy) is 4. The molecule has 252 valence electrons. The minimum atomic E-state index is -0.865. The van der Waals surface area contributed by atoms with Crippen molar-refractivity contribution < 1.29 is 48.3 Å². The van der Waals surface area contributed by atoms with Crippen LogP contribution in [0.15, 0.2) is 0 Å². The Kier molecular flexibility index (Phi) is 29.4. The zero-order valence-corrected chi connectivity index (χ0v) is 26.2. The molecule has 0 aliphatic carbocycles. The Hall–Kier alpha value is -2.32. The van der Waals surface area contributed by atoms with Gasteiger partial charge in [-0.1, -0.05) is 38.5 Å². The van der Waals surface area contributed by atoms with Gasteiger partial charge in [-0.05, 0) is 39.2 Å². The Bertz CT molecular complexity index is 712. The average Bonchev–Trinajstić information content (AvgIpc) is 2.97. The van der Waals surface area contributed by atoms with Crippen LogP contribution in [0.25, 0.3) is 0 Å². The number of carbonyl (C=O) groups is 4. The van der Waals surface area contributed by atoms with Gasteiger partial charge < -0.3 is 45.1 Å². The summed E-state index contributed by atoms with van der Waals surface area (Å²) in [4.78, 5) is 45.0. The minimum absolute atomic E-state index is 0.0443. The number of unbranched alkanes of at least 4 members (excludes halogenated alkanes) is 8. The molecular formula is C30H57N3O10. The molecule has 0 saturated carbocycles. The smallest absolute Gasteiger partial charge is 0.320 e. The highest BCUT2D eigenvalue weighted by molar-refractivity contribution is 5.76. The average molecular weight is 620 g/mol. The lowest BCUT2D eigenvalue weighted by molar-refractivity contribution is -0.139. The van der Waals surface area contributed by atoms with Crippen LogP contribution >= 0.6 is 0 Å². The van der Waals surface area contributed by atoms with Crippen LogP contribution < -0.4 is 16.0 Å². The molecule has 0 bridgehead atoms. The molecule has 0 rings (SSSR count). The molecule has 0 aliphatic heterocycles. The van der Waals surface area contributed by atoms with Crippen molar-refractivity contribution in [2.75, 3.05) is 73.0 Å². The van der Waals surface area contributed by atoms with Gasteiger partial charge in [0.05, 0.1) is 52.9 Å². The van der Waals surface area contributed by atoms with E-state index >= 15 is 0 Å². The summed E-state index contributed by atoms with van der Waals surface area (Å²) in [5.41, 5.74) is 0. The molecule has 0 aromatic rings. The van der Waals surface area contributed by atoms with Gasteiger partial charge in [0.25, 0.3) is 0 Å². The summed E-state index contributed by atoms with van der Waals surface area (Å²) >= 11 is 0. The second-order valence-corrected chi connectivity index (χ2v) is 10.3. The Morgan fingerprint density at radius 1 is 0.535 bits per heavy atom. The molecule has 0 aromatic heterocycles. The first kappa shape index (κ1) is 40.7. The highest BCUT2D eigenvalue weighted by Crippen LogP contribution is 2.10. The first-order chi connectivity index (χ1) is 20.9. The Morgan fingerprint density at radius 3 is 1.53 bits per heavy atom. The molecule has 0 radical (unpaired) electrons. The maximum absolute atomic E-state index is 11.9. The molecule has 0 spiro atoms. The Balaban J connectivity index is 3.28. The van der Waals surface area contributed by atoms with Crippen LogP contribution in [-0.4, -0.2) is 113 Å². The number of aliphatic carboxylic acids is 2. The van der Waals surface area contributed by atoms with Gasteiger partial charge in [-0.25, -0.2) is 0 Å². The van der Waals surface area contributed by atoms with Crippen molar-refractivity contribution in [2.45, 2.75) is 95.9 Å². The molecule has 0 aliphatic rings. The molecule has 0 aromatic carbocycles. The summed E-state index contributed by atoms with van der Waals surface area (Å²) in [5.74, 6) is -1.64. The van der Waals surface area contributed by atoms with Crippen molar-refractivity contribution in [1.82, 2.24) is 16.0 Å². The van der Waals surface area contributed by atoms with Crippen molar-refractivity contribution in [1.29, 1.82) is 0 Å². The number of nitrogens with one attached hydrogen (secondary N) is 3. The molecule has 0 fully saturated rings. The van der Waals surface area contributed by atoms with E-state index in [-0.39, 0.29) is 24.7 Å². The maximum Gasteiger partial charge on any atom is 0.320 e. The number of likely N-dealkylation sites (N-methyl/N-ethyl adjacent to an activating group) is 1. The summed E-state index contributed by atoms with van der Waals surface area (Å²) < 4.78 is 21.7. The Morgan fingerprint density at radius 2 is 1.00 bits per heavy atom. The fourth-order valence-electron chi connectivity index (χ4n) is 4.08. The molecule has 13 heteroatoms. The molecule has 0 unspecified atom stereocenters. The largest absolute Gasteiger partial charge is 0.481 e. The third-order valence-corrected chi connectivity index (χ3v) is 6.59. The van der Waals surface area contributed by atoms with Gasteiger partial charge in [0.1, 0.15) is 6.04 Å². The van der Waals surface area contributed by atoms with Crippen LogP contribution in [0.2, 0.25) is 0 Å². The predicted octanol–water partition coefficient (Wildman–Crippen LogP) is 2.50. The van der Waals surface area contributed by atoms with E-state index in [1.807, 2.05) is 0 Å². The van der Waals surface area contributed by atoms with Crippen LogP contribution in [0.1, 0.15) is 89.9 Å². The molecule has 0 saturated heterocycles. The van der Waals surface area contributed by atoms with Crippen molar-refractivity contribution in [2.24, 2.45) is 0 Å². The molecule has 5 N–H and O–H groups in total. The summed E-state index contributed by atoms with van der Waals surface area (Å²) in [5, 5.41) is 26.0. The van der Waals surface area contributed by atoms with Crippen molar-refractivity contribution >= 4 is 23.8 Å². The normalized spacial score (nSPS) is 11.7. The van der Waals surface area contributed by atoms with Crippen LogP contribution in [0.3, 0.4) is 0 Å². The fraction of sp³-hybridized carbons (Fsp3) is 0.867. The first-order valence-electron chi connectivity index (χ1n) is 15.8. The van der Waals surface area contributed by atoms with Gasteiger partial charge in [-0.2, -0.15) is 0 Å². The first-order valence-corrected chi connectivity index (χ1v) is 15.8. The number of rotatable bonds is 33. The van der Waals surface area contributed by atoms with Gasteiger partial charge >= 0.3 is 11.9 Å². The zero-order valence-electron chi connectivity index (χ0n) is 26.2. The predicted molar refractivity (Wildman–Crippen MR) is 162 cm³/mol. The van der Waals surface area contributed by atoms with Gasteiger partial charge in [-0.3, -0.25) is 19.2 Å². The fourth-order valence-corrected chi connectivity index (χ4v) is 4.08. The monoisotopic (exact) mass is 619 g/mol. The number of carboxylic acids is 2. The lowest BCUT2D eigenvalue weighted by Gasteiger charge is -2.11. The van der Waals surface area contributed by atoms with Gasteiger partial charge in [0.15, 0.2) is 0 Å². The molecule has 1 atom stereocenters. The van der Waals surface area contributed by atoms with Crippen LogP contribution in [0.4, 0.5) is 0 Å². The van der Waals surface area contributed by atoms with E-state index in [1.54, 1.807) is 7.05 Å². The summed E-state index contributed by atoms with van der Waals surface area (Å²) in [6, 6.07) is -0.552. The van der Waals surface area contributed by atoms with E-state index in [4.69, 9.17) is 29.2 Å². The van der Waals surface area contributed by atoms with E-state index in [2.05, 4.69) is 16.0 Å². The quantitative estimate of drug-likeness (QED) is 0.0681. The van der Waals surface area contributed by atoms with E-state index in [1.165, 1.54) is 0 Å². The van der Waals surface area contributed by atoms with Gasteiger partial charge in [0, 0.05) is 32.4 Å². The Labute approximate surface area is 257 Å². The number of amides is 2. The van der Waals surface area contributed by atoms with E-state index in [9.17, 15) is 19.2 Å². The second kappa shape index (κ2) is 31.1. The number of carboxylic acid groups (broad SMARTS) is 2. The minimum Gasteiger partial charge on any atom is -0.481 e. The molecular weight excluding hydrogens is 562 g/mol. The maximum atomic E-state index is 11.9. The molecule has 43 heavy (non-hydrogen) atoms. The van der Waals surface area contributed by atoms with E-state index in [0.29, 0.717) is 85.2 Å². The van der Waals surface area contributed by atoms with Crippen LogP contribution in [-0.2, 0) is 38.1 Å². The van der Waals surface area contributed by atoms with Crippen molar-refractivity contribution in [3.63, 3.8) is 0 Å². The summed E-state index contributed by atoms with van der Waals surface area (Å²) in [7, 11) is 1.62. The number of hydrogen-bond donors (Lipinski definition) is 5. The summed E-state index contributed by atoms with van der Waals surface area (Å²) in [6.45, 7) is 4.30. The highest BCUT2D eigenvalue weighted by Gasteiger charge is 2.13. The molecule has 13 nitrogen and oxygen atoms in total. The standard InChI is InChI=1S/C30H57N3O10/c1-31-26(30(38)39)12-10-11-16-32-28(35)15-18-40-20-22-42-24-25-43-23-21-41-19-17-33-27(34)13-8-6-4-2-3-5-7-9-14-29(36)37/h26,31H,2-25H2,1H3,(H,32,35)(H,33,34)(H,36,37)(H,38,39)/t26-/m0/s1. The van der Waals surface area contributed by atoms with E-state index < -0.39 is 18.0 Å². The van der Waals surface area contributed by atoms with Gasteiger partial charge in [0.2, 0.25) is 11.8 Å².